The summed E-state index contributed by atoms with van der Waals surface area (Å²) in [6.07, 6.45) is 0.266. The van der Waals surface area contributed by atoms with Gasteiger partial charge in [-0.1, -0.05) is 13.8 Å². The van der Waals surface area contributed by atoms with E-state index >= 15 is 0 Å². The zero-order valence-corrected chi connectivity index (χ0v) is 12.3. The van der Waals surface area contributed by atoms with Gasteiger partial charge >= 0.3 is 0 Å². The van der Waals surface area contributed by atoms with E-state index in [0.29, 0.717) is 0 Å². The molecule has 1 rings (SSSR count). The molecule has 0 aromatic carbocycles. The summed E-state index contributed by atoms with van der Waals surface area (Å²) < 4.78 is 49.1. The van der Waals surface area contributed by atoms with Gasteiger partial charge in [-0.25, -0.2) is 21.6 Å². The molecule has 0 amide bonds. The molecule has 8 heteroatoms. The highest BCUT2D eigenvalue weighted by atomic mass is 32.2. The maximum Gasteiger partial charge on any atom is 0.214 e. The predicted molar refractivity (Wildman–Crippen MR) is 69.4 cm³/mol. The predicted octanol–water partition coefficient (Wildman–Crippen LogP) is -0.500. The van der Waals surface area contributed by atoms with Crippen LogP contribution in [0.25, 0.3) is 0 Å². The van der Waals surface area contributed by atoms with Crippen molar-refractivity contribution in [3.8, 4) is 0 Å². The lowest BCUT2D eigenvalue weighted by Gasteiger charge is -2.26. The van der Waals surface area contributed by atoms with Crippen LogP contribution in [0.5, 0.6) is 0 Å². The summed E-state index contributed by atoms with van der Waals surface area (Å²) in [5.41, 5.74) is 0. The van der Waals surface area contributed by atoms with Crippen LogP contribution in [-0.2, 0) is 19.9 Å². The van der Waals surface area contributed by atoms with Gasteiger partial charge in [0.15, 0.2) is 0 Å². The van der Waals surface area contributed by atoms with Gasteiger partial charge in [0.05, 0.1) is 23.4 Å². The van der Waals surface area contributed by atoms with Gasteiger partial charge in [0.2, 0.25) is 10.0 Å². The van der Waals surface area contributed by atoms with Crippen molar-refractivity contribution in [3.05, 3.63) is 0 Å². The average molecular weight is 299 g/mol. The molecule has 1 atom stereocenters. The molecule has 108 valence electrons. The van der Waals surface area contributed by atoms with Crippen molar-refractivity contribution < 1.29 is 21.9 Å². The minimum atomic E-state index is -3.56. The number of rotatable bonds is 5. The molecule has 0 aromatic rings. The summed E-state index contributed by atoms with van der Waals surface area (Å²) in [5, 5.41) is 8.45. The van der Waals surface area contributed by atoms with E-state index in [0.717, 1.165) is 0 Å². The van der Waals surface area contributed by atoms with Crippen LogP contribution in [0.2, 0.25) is 0 Å². The van der Waals surface area contributed by atoms with E-state index in [9.17, 15) is 16.8 Å². The van der Waals surface area contributed by atoms with E-state index in [1.807, 2.05) is 13.8 Å². The lowest BCUT2D eigenvalue weighted by atomic mass is 10.1. The lowest BCUT2D eigenvalue weighted by molar-refractivity contribution is 0.227. The molecule has 1 unspecified atom stereocenters. The average Bonchev–Trinajstić information content (AvgIpc) is 2.25. The number of hydrogen-bond acceptors (Lipinski definition) is 5. The van der Waals surface area contributed by atoms with Crippen molar-refractivity contribution in [3.63, 3.8) is 0 Å². The quantitative estimate of drug-likeness (QED) is 0.713. The second-order valence-corrected chi connectivity index (χ2v) is 9.34. The molecule has 1 heterocycles. The number of sulfone groups is 1. The van der Waals surface area contributed by atoms with E-state index in [-0.39, 0.29) is 36.9 Å². The van der Waals surface area contributed by atoms with Crippen LogP contribution < -0.4 is 4.72 Å². The summed E-state index contributed by atoms with van der Waals surface area (Å²) in [7, 11) is -6.63. The fourth-order valence-corrected chi connectivity index (χ4v) is 5.48. The van der Waals surface area contributed by atoms with Crippen molar-refractivity contribution in [1.82, 2.24) is 4.72 Å². The number of sulfonamides is 1. The molecular formula is C10H21NO5S2. The van der Waals surface area contributed by atoms with Crippen LogP contribution in [0.1, 0.15) is 26.7 Å². The minimum absolute atomic E-state index is 0.0166. The van der Waals surface area contributed by atoms with Gasteiger partial charge in [0.25, 0.3) is 0 Å². The molecule has 2 N–H and O–H groups in total. The van der Waals surface area contributed by atoms with E-state index in [1.165, 1.54) is 0 Å². The molecule has 0 aromatic heterocycles. The van der Waals surface area contributed by atoms with Gasteiger partial charge in [0, 0.05) is 6.04 Å². The number of hydrogen-bond donors (Lipinski definition) is 2. The molecule has 0 saturated carbocycles. The second-order valence-electron chi connectivity index (χ2n) is 5.05. The van der Waals surface area contributed by atoms with Gasteiger partial charge in [0.1, 0.15) is 9.84 Å². The first-order valence-electron chi connectivity index (χ1n) is 6.00. The molecule has 1 aliphatic heterocycles. The summed E-state index contributed by atoms with van der Waals surface area (Å²) in [6, 6.07) is -0.520. The van der Waals surface area contributed by atoms with Crippen LogP contribution in [0.3, 0.4) is 0 Å². The smallest absolute Gasteiger partial charge is 0.214 e. The van der Waals surface area contributed by atoms with Crippen molar-refractivity contribution in [1.29, 1.82) is 0 Å². The van der Waals surface area contributed by atoms with Crippen molar-refractivity contribution >= 4 is 19.9 Å². The molecule has 18 heavy (non-hydrogen) atoms. The van der Waals surface area contributed by atoms with E-state index in [4.69, 9.17) is 5.11 Å². The largest absolute Gasteiger partial charge is 0.395 e. The molecule has 0 bridgehead atoms. The second kappa shape index (κ2) is 5.85. The summed E-state index contributed by atoms with van der Waals surface area (Å²) in [5.74, 6) is -0.175. The first-order chi connectivity index (χ1) is 8.18. The summed E-state index contributed by atoms with van der Waals surface area (Å²) in [6.45, 7) is 3.37. The van der Waals surface area contributed by atoms with Crippen LogP contribution in [0, 0.1) is 5.92 Å². The van der Waals surface area contributed by atoms with E-state index in [2.05, 4.69) is 4.72 Å². The van der Waals surface area contributed by atoms with Gasteiger partial charge in [-0.15, -0.1) is 0 Å². The highest BCUT2D eigenvalue weighted by Crippen LogP contribution is 2.19. The Morgan fingerprint density at radius 2 is 1.78 bits per heavy atom. The third-order valence-corrected chi connectivity index (χ3v) is 6.95. The van der Waals surface area contributed by atoms with Gasteiger partial charge in [-0.05, 0) is 18.8 Å². The molecule has 1 fully saturated rings. The maximum absolute atomic E-state index is 12.1. The Bertz CT molecular complexity index is 454. The monoisotopic (exact) mass is 299 g/mol. The highest BCUT2D eigenvalue weighted by Gasteiger charge is 2.34. The summed E-state index contributed by atoms with van der Waals surface area (Å²) >= 11 is 0. The molecule has 6 nitrogen and oxygen atoms in total. The zero-order chi connectivity index (χ0) is 14.0. The topological polar surface area (TPSA) is 101 Å². The first-order valence-corrected chi connectivity index (χ1v) is 9.37. The Labute approximate surface area is 109 Å². The van der Waals surface area contributed by atoms with Crippen molar-refractivity contribution in [2.45, 2.75) is 38.0 Å². The molecule has 1 saturated heterocycles. The molecule has 1 aliphatic rings. The van der Waals surface area contributed by atoms with Crippen LogP contribution in [-0.4, -0.2) is 51.3 Å². The minimum Gasteiger partial charge on any atom is -0.395 e. The Kier molecular flexibility index (Phi) is 5.16. The first kappa shape index (κ1) is 15.9. The Morgan fingerprint density at radius 3 is 2.17 bits per heavy atom. The standard InChI is InChI=1S/C10H21NO5S2/c1-8(2)10(7-12)11-18(15,16)9-3-5-17(13,14)6-4-9/h8-12H,3-7H2,1-2H3. The Hall–Kier alpha value is -0.180. The normalized spacial score (nSPS) is 23.1. The molecule has 0 aliphatic carbocycles. The molecular weight excluding hydrogens is 278 g/mol. The SMILES string of the molecule is CC(C)C(CO)NS(=O)(=O)C1CCS(=O)(=O)CC1. The van der Waals surface area contributed by atoms with E-state index in [1.54, 1.807) is 0 Å². The summed E-state index contributed by atoms with van der Waals surface area (Å²) in [4.78, 5) is 0. The number of nitrogens with one attached hydrogen (secondary N) is 1. The fourth-order valence-electron chi connectivity index (χ4n) is 1.87. The fraction of sp³-hybridized carbons (Fsp3) is 1.00. The third-order valence-electron chi connectivity index (χ3n) is 3.26. The van der Waals surface area contributed by atoms with E-state index < -0.39 is 31.2 Å². The van der Waals surface area contributed by atoms with Gasteiger partial charge in [-0.2, -0.15) is 0 Å². The highest BCUT2D eigenvalue weighted by molar-refractivity contribution is 7.92. The number of aliphatic hydroxyl groups is 1. The Morgan fingerprint density at radius 1 is 1.28 bits per heavy atom. The third kappa shape index (κ3) is 4.18. The zero-order valence-electron chi connectivity index (χ0n) is 10.7. The Balaban J connectivity index is 2.70. The van der Waals surface area contributed by atoms with Crippen molar-refractivity contribution in [2.75, 3.05) is 18.1 Å². The van der Waals surface area contributed by atoms with Crippen LogP contribution >= 0.6 is 0 Å². The van der Waals surface area contributed by atoms with Gasteiger partial charge in [-0.3, -0.25) is 0 Å². The maximum atomic E-state index is 12.1. The van der Waals surface area contributed by atoms with Crippen LogP contribution in [0.15, 0.2) is 0 Å². The lowest BCUT2D eigenvalue weighted by Crippen LogP contribution is -2.47. The van der Waals surface area contributed by atoms with Crippen molar-refractivity contribution in [2.24, 2.45) is 5.92 Å². The molecule has 0 spiro atoms. The molecule has 0 radical (unpaired) electrons. The number of aliphatic hydroxyl groups excluding tert-OH is 1. The van der Waals surface area contributed by atoms with Crippen LogP contribution in [0.4, 0.5) is 0 Å². The van der Waals surface area contributed by atoms with Gasteiger partial charge < -0.3 is 5.11 Å².